The fraction of sp³-hybridized carbons (Fsp3) is 1.00. The molecule has 1 rings (SSSR count). The largest absolute Gasteiger partial charge is 0.314 e. The first-order valence-corrected chi connectivity index (χ1v) is 9.06. The molecule has 0 saturated carbocycles. The maximum absolute atomic E-state index is 11.1. The van der Waals surface area contributed by atoms with Gasteiger partial charge in [0.2, 0.25) is 0 Å². The Hall–Kier alpha value is 0.0700. The number of likely N-dealkylation sites (tertiary alicyclic amines) is 1. The number of rotatable bonds is 7. The van der Waals surface area contributed by atoms with Crippen LogP contribution in [-0.4, -0.2) is 52.8 Å². The van der Waals surface area contributed by atoms with Crippen molar-refractivity contribution >= 4 is 10.8 Å². The van der Waals surface area contributed by atoms with Crippen LogP contribution >= 0.6 is 0 Å². The molecule has 1 N–H and O–H groups in total. The van der Waals surface area contributed by atoms with Crippen LogP contribution in [0.25, 0.3) is 0 Å². The summed E-state index contributed by atoms with van der Waals surface area (Å²) < 4.78 is 11.1. The highest BCUT2D eigenvalue weighted by Crippen LogP contribution is 2.23. The lowest BCUT2D eigenvalue weighted by Gasteiger charge is -2.43. The molecule has 0 bridgehead atoms. The van der Waals surface area contributed by atoms with Gasteiger partial charge in [-0.15, -0.1) is 0 Å². The third-order valence-corrected chi connectivity index (χ3v) is 5.10. The Kier molecular flexibility index (Phi) is 7.42. The quantitative estimate of drug-likeness (QED) is 0.769. The normalized spacial score (nSPS) is 31.4. The standard InChI is InChI=1S/C14H30N2OS/c1-5-8-15-14-7-10-16(13(3)12(14)2)9-6-11-18(4)17/h12-15H,5-11H2,1-4H3. The highest BCUT2D eigenvalue weighted by molar-refractivity contribution is 7.84. The van der Waals surface area contributed by atoms with Gasteiger partial charge < -0.3 is 10.2 Å². The van der Waals surface area contributed by atoms with Gasteiger partial charge in [-0.1, -0.05) is 13.8 Å². The molecule has 0 aromatic carbocycles. The summed E-state index contributed by atoms with van der Waals surface area (Å²) in [4.78, 5) is 2.57. The molecule has 18 heavy (non-hydrogen) atoms. The molecule has 0 aliphatic carbocycles. The van der Waals surface area contributed by atoms with Crippen molar-refractivity contribution in [3.63, 3.8) is 0 Å². The Balaban J connectivity index is 2.35. The minimum atomic E-state index is -0.640. The maximum Gasteiger partial charge on any atom is 0.0244 e. The van der Waals surface area contributed by atoms with E-state index < -0.39 is 10.8 Å². The Labute approximate surface area is 115 Å². The average Bonchev–Trinajstić information content (AvgIpc) is 2.33. The average molecular weight is 274 g/mol. The zero-order valence-corrected chi connectivity index (χ0v) is 13.3. The Morgan fingerprint density at radius 2 is 2.11 bits per heavy atom. The second-order valence-corrected chi connectivity index (χ2v) is 7.17. The van der Waals surface area contributed by atoms with Crippen molar-refractivity contribution in [2.75, 3.05) is 31.6 Å². The van der Waals surface area contributed by atoms with Crippen molar-refractivity contribution in [2.45, 2.75) is 52.1 Å². The van der Waals surface area contributed by atoms with Gasteiger partial charge in [0.25, 0.3) is 0 Å². The molecular formula is C14H30N2OS. The van der Waals surface area contributed by atoms with E-state index in [9.17, 15) is 4.21 Å². The molecular weight excluding hydrogens is 244 g/mol. The first kappa shape index (κ1) is 16.1. The zero-order valence-electron chi connectivity index (χ0n) is 12.4. The first-order valence-electron chi connectivity index (χ1n) is 7.33. The molecule has 1 saturated heterocycles. The number of piperidine rings is 1. The first-order chi connectivity index (χ1) is 8.56. The van der Waals surface area contributed by atoms with Crippen LogP contribution in [0, 0.1) is 5.92 Å². The molecule has 4 heteroatoms. The molecule has 0 aromatic heterocycles. The molecule has 0 aromatic rings. The van der Waals surface area contributed by atoms with E-state index in [0.29, 0.717) is 18.0 Å². The summed E-state index contributed by atoms with van der Waals surface area (Å²) in [5.41, 5.74) is 0. The number of nitrogens with zero attached hydrogens (tertiary/aromatic N) is 1. The van der Waals surface area contributed by atoms with Crippen LogP contribution in [0.3, 0.4) is 0 Å². The third-order valence-electron chi connectivity index (χ3n) is 4.23. The fourth-order valence-corrected chi connectivity index (χ4v) is 3.38. The predicted octanol–water partition coefficient (Wildman–Crippen LogP) is 1.85. The van der Waals surface area contributed by atoms with Gasteiger partial charge in [0, 0.05) is 34.9 Å². The van der Waals surface area contributed by atoms with E-state index in [4.69, 9.17) is 0 Å². The van der Waals surface area contributed by atoms with Crippen molar-refractivity contribution in [3.05, 3.63) is 0 Å². The molecule has 4 atom stereocenters. The van der Waals surface area contributed by atoms with E-state index in [1.807, 2.05) is 0 Å². The fourth-order valence-electron chi connectivity index (χ4n) is 2.84. The number of nitrogens with one attached hydrogen (secondary N) is 1. The molecule has 0 amide bonds. The van der Waals surface area contributed by atoms with Crippen molar-refractivity contribution in [1.29, 1.82) is 0 Å². The van der Waals surface area contributed by atoms with Crippen molar-refractivity contribution in [1.82, 2.24) is 10.2 Å². The van der Waals surface area contributed by atoms with E-state index >= 15 is 0 Å². The second kappa shape index (κ2) is 8.28. The number of hydrogen-bond acceptors (Lipinski definition) is 3. The molecule has 108 valence electrons. The summed E-state index contributed by atoms with van der Waals surface area (Å²) in [5.74, 6) is 1.55. The highest BCUT2D eigenvalue weighted by atomic mass is 32.2. The molecule has 0 radical (unpaired) electrons. The SMILES string of the molecule is CCCNC1CCN(CCCS(C)=O)C(C)C1C. The van der Waals surface area contributed by atoms with Crippen LogP contribution in [0.1, 0.15) is 40.0 Å². The lowest BCUT2D eigenvalue weighted by atomic mass is 9.87. The summed E-state index contributed by atoms with van der Waals surface area (Å²) in [6.07, 6.45) is 5.32. The van der Waals surface area contributed by atoms with Crippen LogP contribution in [0.5, 0.6) is 0 Å². The molecule has 4 unspecified atom stereocenters. The van der Waals surface area contributed by atoms with E-state index in [1.54, 1.807) is 6.26 Å². The predicted molar refractivity (Wildman–Crippen MR) is 80.4 cm³/mol. The molecule has 3 nitrogen and oxygen atoms in total. The number of hydrogen-bond donors (Lipinski definition) is 1. The van der Waals surface area contributed by atoms with E-state index in [0.717, 1.165) is 25.3 Å². The maximum atomic E-state index is 11.1. The minimum Gasteiger partial charge on any atom is -0.314 e. The topological polar surface area (TPSA) is 32.3 Å². The highest BCUT2D eigenvalue weighted by Gasteiger charge is 2.31. The molecule has 1 aliphatic heterocycles. The van der Waals surface area contributed by atoms with Crippen LogP contribution < -0.4 is 5.32 Å². The summed E-state index contributed by atoms with van der Waals surface area (Å²) in [6.45, 7) is 10.3. The summed E-state index contributed by atoms with van der Waals surface area (Å²) >= 11 is 0. The van der Waals surface area contributed by atoms with Crippen molar-refractivity contribution in [2.24, 2.45) is 5.92 Å². The van der Waals surface area contributed by atoms with Gasteiger partial charge >= 0.3 is 0 Å². The van der Waals surface area contributed by atoms with Crippen LogP contribution in [0.2, 0.25) is 0 Å². The van der Waals surface area contributed by atoms with E-state index in [2.05, 4.69) is 31.0 Å². The van der Waals surface area contributed by atoms with Crippen molar-refractivity contribution in [3.8, 4) is 0 Å². The third kappa shape index (κ3) is 4.98. The van der Waals surface area contributed by atoms with Gasteiger partial charge in [0.15, 0.2) is 0 Å². The Morgan fingerprint density at radius 1 is 1.39 bits per heavy atom. The zero-order chi connectivity index (χ0) is 13.5. The summed E-state index contributed by atoms with van der Waals surface area (Å²) in [6, 6.07) is 1.31. The smallest absolute Gasteiger partial charge is 0.0244 e. The second-order valence-electron chi connectivity index (χ2n) is 5.62. The van der Waals surface area contributed by atoms with Gasteiger partial charge in [0.1, 0.15) is 0 Å². The van der Waals surface area contributed by atoms with Crippen molar-refractivity contribution < 1.29 is 4.21 Å². The van der Waals surface area contributed by atoms with Crippen LogP contribution in [0.15, 0.2) is 0 Å². The van der Waals surface area contributed by atoms with Gasteiger partial charge in [-0.05, 0) is 51.7 Å². The van der Waals surface area contributed by atoms with Gasteiger partial charge in [-0.25, -0.2) is 0 Å². The van der Waals surface area contributed by atoms with Gasteiger partial charge in [0.05, 0.1) is 0 Å². The van der Waals surface area contributed by atoms with Crippen LogP contribution in [0.4, 0.5) is 0 Å². The summed E-state index contributed by atoms with van der Waals surface area (Å²) in [7, 11) is -0.640. The summed E-state index contributed by atoms with van der Waals surface area (Å²) in [5, 5.41) is 3.67. The van der Waals surface area contributed by atoms with Gasteiger partial charge in [-0.3, -0.25) is 4.21 Å². The Bertz CT molecular complexity index is 260. The Morgan fingerprint density at radius 3 is 2.72 bits per heavy atom. The molecule has 1 fully saturated rings. The van der Waals surface area contributed by atoms with E-state index in [-0.39, 0.29) is 0 Å². The van der Waals surface area contributed by atoms with Crippen LogP contribution in [-0.2, 0) is 10.8 Å². The van der Waals surface area contributed by atoms with Gasteiger partial charge in [-0.2, -0.15) is 0 Å². The molecule has 1 aliphatic rings. The lowest BCUT2D eigenvalue weighted by molar-refractivity contribution is 0.0854. The minimum absolute atomic E-state index is 0.637. The molecule has 1 heterocycles. The molecule has 0 spiro atoms. The lowest BCUT2D eigenvalue weighted by Crippen LogP contribution is -2.53. The monoisotopic (exact) mass is 274 g/mol. The van der Waals surface area contributed by atoms with E-state index in [1.165, 1.54) is 19.4 Å².